The van der Waals surface area contributed by atoms with E-state index in [-0.39, 0.29) is 0 Å². The van der Waals surface area contributed by atoms with Crippen LogP contribution < -0.4 is 11.1 Å². The molecule has 4 N–H and O–H groups in total. The number of thioether (sulfide) groups is 1. The lowest BCUT2D eigenvalue weighted by Crippen LogP contribution is -2.36. The van der Waals surface area contributed by atoms with E-state index in [0.717, 1.165) is 16.9 Å². The molecule has 16 heavy (non-hydrogen) atoms. The van der Waals surface area contributed by atoms with E-state index in [9.17, 15) is 5.11 Å². The summed E-state index contributed by atoms with van der Waals surface area (Å²) in [5.74, 6) is 0.700. The molecule has 90 valence electrons. The second kappa shape index (κ2) is 5.46. The van der Waals surface area contributed by atoms with E-state index in [4.69, 9.17) is 5.73 Å². The molecular formula is C12H20N2OS. The van der Waals surface area contributed by atoms with Crippen molar-refractivity contribution in [2.75, 3.05) is 29.6 Å². The average Bonchev–Trinajstić information content (AvgIpc) is 2.16. The molecule has 0 aliphatic rings. The fourth-order valence-corrected chi connectivity index (χ4v) is 2.30. The van der Waals surface area contributed by atoms with Crippen LogP contribution in [0, 0.1) is 6.92 Å². The molecule has 1 aromatic rings. The molecular weight excluding hydrogens is 220 g/mol. The first-order chi connectivity index (χ1) is 7.46. The van der Waals surface area contributed by atoms with Crippen molar-refractivity contribution in [1.82, 2.24) is 0 Å². The summed E-state index contributed by atoms with van der Waals surface area (Å²) in [5.41, 5.74) is 7.90. The van der Waals surface area contributed by atoms with Gasteiger partial charge in [0.05, 0.1) is 17.0 Å². The van der Waals surface area contributed by atoms with E-state index in [1.54, 1.807) is 11.8 Å². The zero-order valence-corrected chi connectivity index (χ0v) is 10.9. The normalized spacial score (nSPS) is 14.5. The predicted octanol–water partition coefficient (Wildman–Crippen LogP) is 2.10. The summed E-state index contributed by atoms with van der Waals surface area (Å²) in [7, 11) is 0. The number of anilines is 2. The van der Waals surface area contributed by atoms with Gasteiger partial charge in [-0.25, -0.2) is 0 Å². The lowest BCUT2D eigenvalue weighted by Gasteiger charge is -2.24. The third-order valence-corrected chi connectivity index (χ3v) is 3.32. The van der Waals surface area contributed by atoms with Gasteiger partial charge in [0.1, 0.15) is 0 Å². The van der Waals surface area contributed by atoms with Crippen LogP contribution in [0.4, 0.5) is 11.4 Å². The van der Waals surface area contributed by atoms with Crippen LogP contribution in [0.1, 0.15) is 12.5 Å². The number of benzene rings is 1. The molecule has 0 saturated carbocycles. The van der Waals surface area contributed by atoms with Crippen molar-refractivity contribution in [1.29, 1.82) is 0 Å². The fourth-order valence-electron chi connectivity index (χ4n) is 1.57. The number of nitrogen functional groups attached to an aromatic ring is 1. The van der Waals surface area contributed by atoms with E-state index in [0.29, 0.717) is 12.3 Å². The number of hydrogen-bond donors (Lipinski definition) is 3. The van der Waals surface area contributed by atoms with Crippen molar-refractivity contribution in [2.45, 2.75) is 19.4 Å². The SMILES string of the molecule is CSCC(C)(O)CNc1c(C)cccc1N. The standard InChI is InChI=1S/C12H20N2OS/c1-9-5-4-6-10(13)11(9)14-7-12(2,15)8-16-3/h4-6,14-15H,7-8,13H2,1-3H3. The van der Waals surface area contributed by atoms with Gasteiger partial charge >= 0.3 is 0 Å². The molecule has 0 bridgehead atoms. The summed E-state index contributed by atoms with van der Waals surface area (Å²) in [6, 6.07) is 5.79. The van der Waals surface area contributed by atoms with Gasteiger partial charge in [-0.05, 0) is 31.7 Å². The molecule has 0 fully saturated rings. The molecule has 0 aliphatic carbocycles. The summed E-state index contributed by atoms with van der Waals surface area (Å²) in [6.45, 7) is 4.33. The van der Waals surface area contributed by atoms with E-state index in [1.165, 1.54) is 0 Å². The third kappa shape index (κ3) is 3.61. The Morgan fingerprint density at radius 1 is 1.50 bits per heavy atom. The van der Waals surface area contributed by atoms with E-state index in [2.05, 4.69) is 5.32 Å². The number of rotatable bonds is 5. The number of para-hydroxylation sites is 1. The second-order valence-corrected chi connectivity index (χ2v) is 5.19. The molecule has 0 heterocycles. The van der Waals surface area contributed by atoms with Crippen LogP contribution in [0.15, 0.2) is 18.2 Å². The van der Waals surface area contributed by atoms with Gasteiger partial charge in [-0.15, -0.1) is 0 Å². The minimum absolute atomic E-state index is 0.503. The smallest absolute Gasteiger partial charge is 0.0881 e. The Labute approximate surface area is 101 Å². The minimum Gasteiger partial charge on any atom is -0.397 e. The van der Waals surface area contributed by atoms with Crippen LogP contribution in [0.25, 0.3) is 0 Å². The lowest BCUT2D eigenvalue weighted by atomic mass is 10.1. The molecule has 0 spiro atoms. The Hall–Kier alpha value is -0.870. The highest BCUT2D eigenvalue weighted by Gasteiger charge is 2.19. The molecule has 1 aromatic carbocycles. The number of nitrogens with one attached hydrogen (secondary N) is 1. The van der Waals surface area contributed by atoms with Gasteiger partial charge < -0.3 is 16.2 Å². The maximum atomic E-state index is 10.0. The number of hydrogen-bond acceptors (Lipinski definition) is 4. The summed E-state index contributed by atoms with van der Waals surface area (Å²) in [4.78, 5) is 0. The van der Waals surface area contributed by atoms with Gasteiger partial charge in [0.15, 0.2) is 0 Å². The largest absolute Gasteiger partial charge is 0.397 e. The zero-order chi connectivity index (χ0) is 12.2. The van der Waals surface area contributed by atoms with Gasteiger partial charge in [-0.2, -0.15) is 11.8 Å². The first-order valence-corrected chi connectivity index (χ1v) is 6.66. The van der Waals surface area contributed by atoms with Gasteiger partial charge in [-0.1, -0.05) is 12.1 Å². The first-order valence-electron chi connectivity index (χ1n) is 5.26. The van der Waals surface area contributed by atoms with Crippen molar-refractivity contribution < 1.29 is 5.11 Å². The molecule has 1 atom stereocenters. The highest BCUT2D eigenvalue weighted by molar-refractivity contribution is 7.98. The molecule has 0 aromatic heterocycles. The van der Waals surface area contributed by atoms with E-state index < -0.39 is 5.60 Å². The van der Waals surface area contributed by atoms with E-state index >= 15 is 0 Å². The summed E-state index contributed by atoms with van der Waals surface area (Å²) < 4.78 is 0. The van der Waals surface area contributed by atoms with Crippen LogP contribution >= 0.6 is 11.8 Å². The molecule has 0 amide bonds. The van der Waals surface area contributed by atoms with Crippen molar-refractivity contribution in [3.05, 3.63) is 23.8 Å². The Balaban J connectivity index is 2.68. The Kier molecular flexibility index (Phi) is 4.50. The van der Waals surface area contributed by atoms with Crippen LogP contribution in [-0.4, -0.2) is 29.3 Å². The number of aryl methyl sites for hydroxylation is 1. The van der Waals surface area contributed by atoms with Crippen LogP contribution in [0.5, 0.6) is 0 Å². The zero-order valence-electron chi connectivity index (χ0n) is 10.1. The van der Waals surface area contributed by atoms with Crippen LogP contribution in [0.3, 0.4) is 0 Å². The topological polar surface area (TPSA) is 58.3 Å². The van der Waals surface area contributed by atoms with Gasteiger partial charge in [0.25, 0.3) is 0 Å². The Bertz CT molecular complexity index is 333. The van der Waals surface area contributed by atoms with Crippen molar-refractivity contribution in [2.24, 2.45) is 0 Å². The molecule has 0 radical (unpaired) electrons. The minimum atomic E-state index is -0.714. The van der Waals surface area contributed by atoms with Crippen molar-refractivity contribution >= 4 is 23.1 Å². The molecule has 4 heteroatoms. The number of nitrogens with two attached hydrogens (primary N) is 1. The average molecular weight is 240 g/mol. The molecule has 3 nitrogen and oxygen atoms in total. The summed E-state index contributed by atoms with van der Waals surface area (Å²) in [6.07, 6.45) is 1.98. The second-order valence-electron chi connectivity index (χ2n) is 4.32. The Morgan fingerprint density at radius 2 is 2.19 bits per heavy atom. The third-order valence-electron chi connectivity index (χ3n) is 2.41. The Morgan fingerprint density at radius 3 is 2.75 bits per heavy atom. The van der Waals surface area contributed by atoms with Crippen molar-refractivity contribution in [3.63, 3.8) is 0 Å². The molecule has 1 rings (SSSR count). The van der Waals surface area contributed by atoms with Crippen LogP contribution in [-0.2, 0) is 0 Å². The van der Waals surface area contributed by atoms with Gasteiger partial charge in [0, 0.05) is 12.3 Å². The molecule has 1 unspecified atom stereocenters. The maximum Gasteiger partial charge on any atom is 0.0881 e. The van der Waals surface area contributed by atoms with E-state index in [1.807, 2.05) is 38.3 Å². The fraction of sp³-hybridized carbons (Fsp3) is 0.500. The molecule has 0 aliphatic heterocycles. The first kappa shape index (κ1) is 13.2. The van der Waals surface area contributed by atoms with Crippen LogP contribution in [0.2, 0.25) is 0 Å². The summed E-state index contributed by atoms with van der Waals surface area (Å²) >= 11 is 1.63. The maximum absolute atomic E-state index is 10.0. The van der Waals surface area contributed by atoms with Crippen molar-refractivity contribution in [3.8, 4) is 0 Å². The predicted molar refractivity (Wildman–Crippen MR) is 73.1 cm³/mol. The van der Waals surface area contributed by atoms with Gasteiger partial charge in [-0.3, -0.25) is 0 Å². The monoisotopic (exact) mass is 240 g/mol. The summed E-state index contributed by atoms with van der Waals surface area (Å²) in [5, 5.41) is 13.3. The lowest BCUT2D eigenvalue weighted by molar-refractivity contribution is 0.0997. The number of aliphatic hydroxyl groups is 1. The highest BCUT2D eigenvalue weighted by Crippen LogP contribution is 2.23. The highest BCUT2D eigenvalue weighted by atomic mass is 32.2. The van der Waals surface area contributed by atoms with Gasteiger partial charge in [0.2, 0.25) is 0 Å². The quantitative estimate of drug-likeness (QED) is 0.690. The molecule has 0 saturated heterocycles.